The van der Waals surface area contributed by atoms with E-state index in [-0.39, 0.29) is 0 Å². The van der Waals surface area contributed by atoms with Gasteiger partial charge in [0.1, 0.15) is 5.52 Å². The summed E-state index contributed by atoms with van der Waals surface area (Å²) >= 11 is 1.44. The number of aryl methyl sites for hydroxylation is 1. The SMILES string of the molecule is Cc1cc2cc(-c3ccc4nnsc4c3)ccc2[nH]1. The van der Waals surface area contributed by atoms with Gasteiger partial charge < -0.3 is 4.98 Å². The molecular formula is C15H11N3S. The first-order valence-electron chi connectivity index (χ1n) is 6.11. The second-order valence-electron chi connectivity index (χ2n) is 4.71. The molecule has 4 aromatic rings. The Morgan fingerprint density at radius 2 is 1.84 bits per heavy atom. The molecule has 0 aliphatic rings. The van der Waals surface area contributed by atoms with Gasteiger partial charge in [-0.3, -0.25) is 0 Å². The van der Waals surface area contributed by atoms with Crippen LogP contribution in [0.3, 0.4) is 0 Å². The van der Waals surface area contributed by atoms with Gasteiger partial charge in [-0.2, -0.15) is 0 Å². The monoisotopic (exact) mass is 265 g/mol. The summed E-state index contributed by atoms with van der Waals surface area (Å²) in [6, 6.07) is 15.0. The maximum atomic E-state index is 4.07. The highest BCUT2D eigenvalue weighted by Crippen LogP contribution is 2.28. The number of nitrogens with one attached hydrogen (secondary N) is 1. The molecule has 0 amide bonds. The second-order valence-corrected chi connectivity index (χ2v) is 5.50. The number of nitrogens with zero attached hydrogens (tertiary/aromatic N) is 2. The number of aromatic amines is 1. The normalized spacial score (nSPS) is 11.4. The minimum Gasteiger partial charge on any atom is -0.359 e. The van der Waals surface area contributed by atoms with Crippen molar-refractivity contribution in [3.8, 4) is 11.1 Å². The van der Waals surface area contributed by atoms with Crippen LogP contribution in [-0.2, 0) is 0 Å². The van der Waals surface area contributed by atoms with Crippen LogP contribution < -0.4 is 0 Å². The van der Waals surface area contributed by atoms with Gasteiger partial charge in [0.05, 0.1) is 4.70 Å². The van der Waals surface area contributed by atoms with E-state index < -0.39 is 0 Å². The van der Waals surface area contributed by atoms with E-state index in [1.807, 2.05) is 6.07 Å². The van der Waals surface area contributed by atoms with Crippen LogP contribution in [0.5, 0.6) is 0 Å². The molecule has 4 rings (SSSR count). The minimum atomic E-state index is 0.965. The lowest BCUT2D eigenvalue weighted by Gasteiger charge is -2.01. The van der Waals surface area contributed by atoms with Gasteiger partial charge in [-0.1, -0.05) is 16.6 Å². The molecule has 3 nitrogen and oxygen atoms in total. The van der Waals surface area contributed by atoms with Gasteiger partial charge in [0.2, 0.25) is 0 Å². The zero-order valence-electron chi connectivity index (χ0n) is 10.3. The number of hydrogen-bond donors (Lipinski definition) is 1. The quantitative estimate of drug-likeness (QED) is 0.561. The standard InChI is InChI=1S/C15H11N3S/c1-9-6-12-7-10(2-4-13(12)16-9)11-3-5-14-15(8-11)19-18-17-14/h2-8,16H,1H3. The Balaban J connectivity index is 1.91. The summed E-state index contributed by atoms with van der Waals surface area (Å²) in [4.78, 5) is 3.34. The molecule has 0 fully saturated rings. The second kappa shape index (κ2) is 3.90. The van der Waals surface area contributed by atoms with E-state index in [1.165, 1.54) is 39.3 Å². The summed E-state index contributed by atoms with van der Waals surface area (Å²) in [5.41, 5.74) is 5.77. The van der Waals surface area contributed by atoms with Crippen molar-refractivity contribution in [1.82, 2.24) is 14.6 Å². The number of aromatic nitrogens is 3. The highest BCUT2D eigenvalue weighted by atomic mass is 32.1. The van der Waals surface area contributed by atoms with Crippen molar-refractivity contribution < 1.29 is 0 Å². The van der Waals surface area contributed by atoms with E-state index in [1.54, 1.807) is 0 Å². The van der Waals surface area contributed by atoms with Crippen LogP contribution in [-0.4, -0.2) is 14.6 Å². The summed E-state index contributed by atoms with van der Waals surface area (Å²) in [6.07, 6.45) is 0. The summed E-state index contributed by atoms with van der Waals surface area (Å²) in [5.74, 6) is 0. The Labute approximate surface area is 114 Å². The number of rotatable bonds is 1. The molecule has 0 atom stereocenters. The van der Waals surface area contributed by atoms with Crippen molar-refractivity contribution in [2.45, 2.75) is 6.92 Å². The molecule has 0 saturated carbocycles. The average molecular weight is 265 g/mol. The molecule has 1 N–H and O–H groups in total. The Morgan fingerprint density at radius 3 is 2.79 bits per heavy atom. The highest BCUT2D eigenvalue weighted by molar-refractivity contribution is 7.12. The summed E-state index contributed by atoms with van der Waals surface area (Å²) in [5, 5.41) is 5.32. The van der Waals surface area contributed by atoms with Crippen LogP contribution in [0.25, 0.3) is 32.2 Å². The van der Waals surface area contributed by atoms with Crippen molar-refractivity contribution in [3.05, 3.63) is 48.2 Å². The average Bonchev–Trinajstić information content (AvgIpc) is 3.01. The maximum Gasteiger partial charge on any atom is 0.106 e. The third kappa shape index (κ3) is 1.72. The molecular weight excluding hydrogens is 254 g/mol. The molecule has 0 saturated heterocycles. The molecule has 4 heteroatoms. The van der Waals surface area contributed by atoms with E-state index in [0.29, 0.717) is 0 Å². The molecule has 92 valence electrons. The summed E-state index contributed by atoms with van der Waals surface area (Å²) in [7, 11) is 0. The predicted molar refractivity (Wildman–Crippen MR) is 79.4 cm³/mol. The predicted octanol–water partition coefficient (Wildman–Crippen LogP) is 4.15. The molecule has 0 aliphatic carbocycles. The largest absolute Gasteiger partial charge is 0.359 e. The van der Waals surface area contributed by atoms with Gasteiger partial charge in [-0.15, -0.1) is 5.10 Å². The number of hydrogen-bond acceptors (Lipinski definition) is 3. The van der Waals surface area contributed by atoms with Gasteiger partial charge in [0.15, 0.2) is 0 Å². The third-order valence-corrected chi connectivity index (χ3v) is 4.02. The van der Waals surface area contributed by atoms with Gasteiger partial charge in [0.25, 0.3) is 0 Å². The van der Waals surface area contributed by atoms with Crippen LogP contribution in [0.1, 0.15) is 5.69 Å². The third-order valence-electron chi connectivity index (χ3n) is 3.34. The van der Waals surface area contributed by atoms with Crippen molar-refractivity contribution in [3.63, 3.8) is 0 Å². The Hall–Kier alpha value is -2.20. The van der Waals surface area contributed by atoms with Crippen molar-refractivity contribution in [1.29, 1.82) is 0 Å². The lowest BCUT2D eigenvalue weighted by Crippen LogP contribution is -1.78. The minimum absolute atomic E-state index is 0.965. The zero-order chi connectivity index (χ0) is 12.8. The van der Waals surface area contributed by atoms with Crippen molar-refractivity contribution >= 4 is 32.7 Å². The smallest absolute Gasteiger partial charge is 0.106 e. The van der Waals surface area contributed by atoms with Crippen LogP contribution in [0.15, 0.2) is 42.5 Å². The van der Waals surface area contributed by atoms with Crippen LogP contribution in [0.4, 0.5) is 0 Å². The van der Waals surface area contributed by atoms with Crippen LogP contribution >= 0.6 is 11.5 Å². The number of fused-ring (bicyclic) bond motifs is 2. The molecule has 2 aromatic carbocycles. The van der Waals surface area contributed by atoms with Gasteiger partial charge >= 0.3 is 0 Å². The fourth-order valence-electron chi connectivity index (χ4n) is 2.42. The van der Waals surface area contributed by atoms with Crippen LogP contribution in [0, 0.1) is 6.92 Å². The topological polar surface area (TPSA) is 41.6 Å². The fraction of sp³-hybridized carbons (Fsp3) is 0.0667. The molecule has 0 unspecified atom stereocenters. The zero-order valence-corrected chi connectivity index (χ0v) is 11.2. The molecule has 0 radical (unpaired) electrons. The molecule has 2 heterocycles. The molecule has 2 aromatic heterocycles. The molecule has 0 spiro atoms. The lowest BCUT2D eigenvalue weighted by molar-refractivity contribution is 1.20. The molecule has 0 bridgehead atoms. The van der Waals surface area contributed by atoms with E-state index in [9.17, 15) is 0 Å². The summed E-state index contributed by atoms with van der Waals surface area (Å²) < 4.78 is 5.10. The first-order chi connectivity index (χ1) is 9.29. The van der Waals surface area contributed by atoms with Gasteiger partial charge in [0, 0.05) is 16.6 Å². The van der Waals surface area contributed by atoms with Crippen molar-refractivity contribution in [2.24, 2.45) is 0 Å². The Bertz CT molecular complexity index is 889. The first kappa shape index (κ1) is 10.7. The number of H-pyrrole nitrogens is 1. The van der Waals surface area contributed by atoms with Crippen molar-refractivity contribution in [2.75, 3.05) is 0 Å². The maximum absolute atomic E-state index is 4.07. The van der Waals surface area contributed by atoms with Gasteiger partial charge in [-0.05, 0) is 59.9 Å². The fourth-order valence-corrected chi connectivity index (χ4v) is 3.01. The number of benzene rings is 2. The van der Waals surface area contributed by atoms with E-state index in [4.69, 9.17) is 0 Å². The highest BCUT2D eigenvalue weighted by Gasteiger charge is 2.04. The van der Waals surface area contributed by atoms with Gasteiger partial charge in [-0.25, -0.2) is 0 Å². The Morgan fingerprint density at radius 1 is 1.00 bits per heavy atom. The lowest BCUT2D eigenvalue weighted by atomic mass is 10.0. The van der Waals surface area contributed by atoms with E-state index >= 15 is 0 Å². The Kier molecular flexibility index (Phi) is 2.19. The van der Waals surface area contributed by atoms with E-state index in [2.05, 4.69) is 57.9 Å². The first-order valence-corrected chi connectivity index (χ1v) is 6.89. The molecule has 0 aliphatic heterocycles. The van der Waals surface area contributed by atoms with Crippen LogP contribution in [0.2, 0.25) is 0 Å². The summed E-state index contributed by atoms with van der Waals surface area (Å²) in [6.45, 7) is 2.08. The van der Waals surface area contributed by atoms with E-state index in [0.717, 1.165) is 10.2 Å². The molecule has 19 heavy (non-hydrogen) atoms.